The molecule has 31 heavy (non-hydrogen) atoms. The molecule has 2 aromatic carbocycles. The largest absolute Gasteiger partial charge is 0.383 e. The van der Waals surface area contributed by atoms with Crippen LogP contribution in [0.5, 0.6) is 0 Å². The van der Waals surface area contributed by atoms with Gasteiger partial charge in [0.25, 0.3) is 11.8 Å². The Morgan fingerprint density at radius 2 is 1.74 bits per heavy atom. The van der Waals surface area contributed by atoms with Gasteiger partial charge >= 0.3 is 0 Å². The van der Waals surface area contributed by atoms with Crippen molar-refractivity contribution in [3.8, 4) is 0 Å². The second kappa shape index (κ2) is 10.9. The molecule has 0 saturated carbocycles. The Morgan fingerprint density at radius 1 is 1.06 bits per heavy atom. The minimum absolute atomic E-state index is 0.0465. The lowest BCUT2D eigenvalue weighted by atomic mass is 9.96. The summed E-state index contributed by atoms with van der Waals surface area (Å²) in [6.07, 6.45) is 1.54. The first-order chi connectivity index (χ1) is 15.0. The van der Waals surface area contributed by atoms with E-state index in [-0.39, 0.29) is 23.6 Å². The number of carbonyl (C=O) groups is 3. The van der Waals surface area contributed by atoms with Crippen molar-refractivity contribution in [3.63, 3.8) is 0 Å². The lowest BCUT2D eigenvalue weighted by Crippen LogP contribution is -2.45. The predicted octanol–water partition coefficient (Wildman–Crippen LogP) is 3.21. The standard InChI is InChI=1S/C23H26ClN3O4/c1-31-14-12-25-21(28)18-3-2-13-27(15-18)23(30)17-6-10-20(11-7-17)26-22(29)16-4-8-19(24)9-5-16/h4-11,18H,2-3,12-15H2,1H3,(H,25,28)(H,26,29). The SMILES string of the molecule is COCCNC(=O)C1CCCN(C(=O)c2ccc(NC(=O)c3ccc(Cl)cc3)cc2)C1. The van der Waals surface area contributed by atoms with Crippen molar-refractivity contribution < 1.29 is 19.1 Å². The molecule has 2 N–H and O–H groups in total. The number of benzene rings is 2. The van der Waals surface area contributed by atoms with Gasteiger partial charge < -0.3 is 20.3 Å². The van der Waals surface area contributed by atoms with Crippen LogP contribution in [0.1, 0.15) is 33.6 Å². The zero-order valence-electron chi connectivity index (χ0n) is 17.4. The molecule has 1 fully saturated rings. The minimum atomic E-state index is -0.255. The minimum Gasteiger partial charge on any atom is -0.383 e. The second-order valence-electron chi connectivity index (χ2n) is 7.41. The summed E-state index contributed by atoms with van der Waals surface area (Å²) in [6, 6.07) is 13.4. The van der Waals surface area contributed by atoms with Crippen molar-refractivity contribution in [3.05, 3.63) is 64.7 Å². The fourth-order valence-corrected chi connectivity index (χ4v) is 3.61. The molecule has 2 aromatic rings. The fourth-order valence-electron chi connectivity index (χ4n) is 3.48. The number of methoxy groups -OCH3 is 1. The number of ether oxygens (including phenoxy) is 1. The number of hydrogen-bond acceptors (Lipinski definition) is 4. The summed E-state index contributed by atoms with van der Waals surface area (Å²) in [5.74, 6) is -0.638. The molecular formula is C23H26ClN3O4. The lowest BCUT2D eigenvalue weighted by Gasteiger charge is -2.32. The van der Waals surface area contributed by atoms with Crippen LogP contribution in [0, 0.1) is 5.92 Å². The van der Waals surface area contributed by atoms with Gasteiger partial charge in [-0.15, -0.1) is 0 Å². The van der Waals surface area contributed by atoms with Gasteiger partial charge in [-0.2, -0.15) is 0 Å². The normalized spacial score (nSPS) is 15.9. The van der Waals surface area contributed by atoms with Gasteiger partial charge in [0, 0.05) is 48.6 Å². The van der Waals surface area contributed by atoms with Crippen LogP contribution >= 0.6 is 11.6 Å². The Kier molecular flexibility index (Phi) is 8.03. The highest BCUT2D eigenvalue weighted by Crippen LogP contribution is 2.20. The smallest absolute Gasteiger partial charge is 0.255 e. The number of amides is 3. The number of halogens is 1. The number of anilines is 1. The maximum absolute atomic E-state index is 12.9. The van der Waals surface area contributed by atoms with Gasteiger partial charge in [-0.1, -0.05) is 11.6 Å². The number of nitrogens with one attached hydrogen (secondary N) is 2. The number of hydrogen-bond donors (Lipinski definition) is 2. The van der Waals surface area contributed by atoms with Crippen molar-refractivity contribution >= 4 is 35.0 Å². The van der Waals surface area contributed by atoms with Crippen molar-refractivity contribution in [2.75, 3.05) is 38.7 Å². The Hall–Kier alpha value is -2.90. The third-order valence-electron chi connectivity index (χ3n) is 5.18. The summed E-state index contributed by atoms with van der Waals surface area (Å²) >= 11 is 5.85. The Balaban J connectivity index is 1.57. The Labute approximate surface area is 186 Å². The van der Waals surface area contributed by atoms with E-state index >= 15 is 0 Å². The molecule has 8 heteroatoms. The molecule has 0 aromatic heterocycles. The van der Waals surface area contributed by atoms with Crippen molar-refractivity contribution in [2.24, 2.45) is 5.92 Å². The van der Waals surface area contributed by atoms with Gasteiger partial charge in [0.05, 0.1) is 12.5 Å². The molecule has 7 nitrogen and oxygen atoms in total. The molecule has 0 spiro atoms. The van der Waals surface area contributed by atoms with E-state index in [0.717, 1.165) is 12.8 Å². The van der Waals surface area contributed by atoms with E-state index in [1.807, 2.05) is 0 Å². The maximum Gasteiger partial charge on any atom is 0.255 e. The average molecular weight is 444 g/mol. The number of likely N-dealkylation sites (tertiary alicyclic amines) is 1. The molecule has 3 rings (SSSR count). The summed E-state index contributed by atoms with van der Waals surface area (Å²) < 4.78 is 4.95. The van der Waals surface area contributed by atoms with Crippen LogP contribution in [-0.4, -0.2) is 56.0 Å². The molecule has 1 heterocycles. The molecule has 0 radical (unpaired) electrons. The predicted molar refractivity (Wildman–Crippen MR) is 119 cm³/mol. The van der Waals surface area contributed by atoms with Gasteiger partial charge in [-0.25, -0.2) is 0 Å². The maximum atomic E-state index is 12.9. The van der Waals surface area contributed by atoms with E-state index in [1.165, 1.54) is 0 Å². The first-order valence-electron chi connectivity index (χ1n) is 10.2. The third kappa shape index (κ3) is 6.29. The molecule has 0 aliphatic carbocycles. The second-order valence-corrected chi connectivity index (χ2v) is 7.85. The highest BCUT2D eigenvalue weighted by Gasteiger charge is 2.28. The summed E-state index contributed by atoms with van der Waals surface area (Å²) in [4.78, 5) is 39.2. The van der Waals surface area contributed by atoms with E-state index in [9.17, 15) is 14.4 Å². The van der Waals surface area contributed by atoms with Crippen LogP contribution in [-0.2, 0) is 9.53 Å². The summed E-state index contributed by atoms with van der Waals surface area (Å²) in [6.45, 7) is 1.94. The van der Waals surface area contributed by atoms with Crippen molar-refractivity contribution in [1.29, 1.82) is 0 Å². The molecule has 1 aliphatic rings. The van der Waals surface area contributed by atoms with Crippen molar-refractivity contribution in [1.82, 2.24) is 10.2 Å². The summed E-state index contributed by atoms with van der Waals surface area (Å²) in [5, 5.41) is 6.21. The van der Waals surface area contributed by atoms with Gasteiger partial charge in [0.2, 0.25) is 5.91 Å². The fraction of sp³-hybridized carbons (Fsp3) is 0.348. The van der Waals surface area contributed by atoms with Crippen LogP contribution in [0.3, 0.4) is 0 Å². The van der Waals surface area contributed by atoms with Crippen LogP contribution in [0.15, 0.2) is 48.5 Å². The van der Waals surface area contributed by atoms with E-state index < -0.39 is 0 Å². The number of nitrogens with zero attached hydrogens (tertiary/aromatic N) is 1. The molecule has 1 aliphatic heterocycles. The van der Waals surface area contributed by atoms with E-state index in [2.05, 4.69) is 10.6 Å². The first-order valence-corrected chi connectivity index (χ1v) is 10.6. The average Bonchev–Trinajstić information content (AvgIpc) is 2.79. The zero-order chi connectivity index (χ0) is 22.2. The zero-order valence-corrected chi connectivity index (χ0v) is 18.2. The van der Waals surface area contributed by atoms with Gasteiger partial charge in [0.15, 0.2) is 0 Å². The number of rotatable bonds is 7. The van der Waals surface area contributed by atoms with Crippen LogP contribution in [0.4, 0.5) is 5.69 Å². The Bertz CT molecular complexity index is 915. The molecule has 164 valence electrons. The molecule has 1 atom stereocenters. The molecule has 1 saturated heterocycles. The summed E-state index contributed by atoms with van der Waals surface area (Å²) in [7, 11) is 1.58. The molecular weight excluding hydrogens is 418 g/mol. The van der Waals surface area contributed by atoms with E-state index in [4.69, 9.17) is 16.3 Å². The van der Waals surface area contributed by atoms with Crippen LogP contribution < -0.4 is 10.6 Å². The van der Waals surface area contributed by atoms with Gasteiger partial charge in [0.1, 0.15) is 0 Å². The quantitative estimate of drug-likeness (QED) is 0.643. The molecule has 1 unspecified atom stereocenters. The summed E-state index contributed by atoms with van der Waals surface area (Å²) in [5.41, 5.74) is 1.60. The Morgan fingerprint density at radius 3 is 2.42 bits per heavy atom. The van der Waals surface area contributed by atoms with Gasteiger partial charge in [-0.3, -0.25) is 14.4 Å². The van der Waals surface area contributed by atoms with Crippen LogP contribution in [0.2, 0.25) is 5.02 Å². The lowest BCUT2D eigenvalue weighted by molar-refractivity contribution is -0.126. The molecule has 0 bridgehead atoms. The van der Waals surface area contributed by atoms with Gasteiger partial charge in [-0.05, 0) is 61.4 Å². The first kappa shape index (κ1) is 22.8. The number of piperidine rings is 1. The molecule has 3 amide bonds. The van der Waals surface area contributed by atoms with Crippen LogP contribution in [0.25, 0.3) is 0 Å². The van der Waals surface area contributed by atoms with E-state index in [0.29, 0.717) is 48.1 Å². The monoisotopic (exact) mass is 443 g/mol. The van der Waals surface area contributed by atoms with Crippen molar-refractivity contribution in [2.45, 2.75) is 12.8 Å². The topological polar surface area (TPSA) is 87.7 Å². The number of carbonyl (C=O) groups excluding carboxylic acids is 3. The third-order valence-corrected chi connectivity index (χ3v) is 5.43. The van der Waals surface area contributed by atoms with E-state index in [1.54, 1.807) is 60.5 Å². The highest BCUT2D eigenvalue weighted by atomic mass is 35.5. The highest BCUT2D eigenvalue weighted by molar-refractivity contribution is 6.30.